The van der Waals surface area contributed by atoms with Crippen LogP contribution in [-0.4, -0.2) is 24.2 Å². The summed E-state index contributed by atoms with van der Waals surface area (Å²) in [5.74, 6) is 2.41. The highest BCUT2D eigenvalue weighted by Crippen LogP contribution is 2.32. The van der Waals surface area contributed by atoms with E-state index in [1.165, 1.54) is 0 Å². The van der Waals surface area contributed by atoms with Crippen LogP contribution in [0.5, 0.6) is 11.5 Å². The molecule has 27 heavy (non-hydrogen) atoms. The molecule has 7 nitrogen and oxygen atoms in total. The normalized spacial score (nSPS) is 12.9. The number of hydrogen-bond acceptors (Lipinski definition) is 5. The number of fused-ring (bicyclic) bond motifs is 1. The fraction of sp³-hybridized carbons (Fsp3) is 0.200. The topological polar surface area (TPSA) is 85.6 Å². The zero-order chi connectivity index (χ0) is 18.5. The summed E-state index contributed by atoms with van der Waals surface area (Å²) in [4.78, 5) is 16.3. The van der Waals surface area contributed by atoms with E-state index in [1.54, 1.807) is 24.4 Å². The van der Waals surface area contributed by atoms with E-state index in [9.17, 15) is 4.79 Å². The van der Waals surface area contributed by atoms with Gasteiger partial charge in [-0.3, -0.25) is 0 Å². The zero-order valence-corrected chi connectivity index (χ0v) is 14.6. The Morgan fingerprint density at radius 3 is 2.70 bits per heavy atom. The molecule has 1 aliphatic rings. The van der Waals surface area contributed by atoms with Gasteiger partial charge in [-0.1, -0.05) is 30.3 Å². The third-order valence-corrected chi connectivity index (χ3v) is 4.02. The molecule has 0 spiro atoms. The lowest BCUT2D eigenvalue weighted by Crippen LogP contribution is -2.28. The van der Waals surface area contributed by atoms with E-state index in [0.29, 0.717) is 42.1 Å². The monoisotopic (exact) mass is 365 g/mol. The Bertz CT molecular complexity index is 924. The van der Waals surface area contributed by atoms with Gasteiger partial charge in [0.1, 0.15) is 0 Å². The number of rotatable bonds is 4. The first kappa shape index (κ1) is 17.0. The van der Waals surface area contributed by atoms with Crippen molar-refractivity contribution in [3.05, 3.63) is 60.6 Å². The molecule has 0 unspecified atom stereocenters. The van der Waals surface area contributed by atoms with Gasteiger partial charge in [-0.15, -0.1) is 0 Å². The minimum Gasteiger partial charge on any atom is -0.490 e. The third kappa shape index (κ3) is 4.20. The molecule has 138 valence electrons. The van der Waals surface area contributed by atoms with Crippen LogP contribution in [0.2, 0.25) is 0 Å². The van der Waals surface area contributed by atoms with Gasteiger partial charge in [0.05, 0.1) is 26.0 Å². The summed E-state index contributed by atoms with van der Waals surface area (Å²) in [6.45, 7) is 1.40. The first-order valence-electron chi connectivity index (χ1n) is 8.72. The van der Waals surface area contributed by atoms with Gasteiger partial charge in [-0.25, -0.2) is 9.78 Å². The second-order valence-electron chi connectivity index (χ2n) is 6.00. The number of amides is 2. The molecule has 1 aliphatic heterocycles. The van der Waals surface area contributed by atoms with E-state index in [-0.39, 0.29) is 12.6 Å². The average molecular weight is 365 g/mol. The van der Waals surface area contributed by atoms with E-state index in [0.717, 1.165) is 12.0 Å². The van der Waals surface area contributed by atoms with Gasteiger partial charge in [0.25, 0.3) is 0 Å². The van der Waals surface area contributed by atoms with Crippen LogP contribution >= 0.6 is 0 Å². The van der Waals surface area contributed by atoms with Crippen LogP contribution in [0.25, 0.3) is 11.3 Å². The number of benzene rings is 2. The second kappa shape index (κ2) is 7.82. The van der Waals surface area contributed by atoms with Crippen LogP contribution < -0.4 is 20.1 Å². The van der Waals surface area contributed by atoms with Gasteiger partial charge in [-0.2, -0.15) is 0 Å². The number of nitrogens with zero attached hydrogens (tertiary/aromatic N) is 1. The molecule has 2 aromatic carbocycles. The quantitative estimate of drug-likeness (QED) is 0.734. The van der Waals surface area contributed by atoms with Crippen molar-refractivity contribution >= 4 is 11.7 Å². The number of carbonyl (C=O) groups is 1. The molecule has 2 heterocycles. The number of aromatic nitrogens is 1. The molecule has 0 aliphatic carbocycles. The number of carbonyl (C=O) groups excluding carboxylic acids is 1. The number of nitrogens with one attached hydrogen (secondary N) is 2. The molecule has 0 saturated carbocycles. The molecule has 0 fully saturated rings. The predicted molar refractivity (Wildman–Crippen MR) is 99.8 cm³/mol. The fourth-order valence-electron chi connectivity index (χ4n) is 2.70. The first-order chi connectivity index (χ1) is 13.3. The Morgan fingerprint density at radius 1 is 1.04 bits per heavy atom. The molecule has 1 aromatic heterocycles. The van der Waals surface area contributed by atoms with Crippen LogP contribution in [0.15, 0.2) is 59.1 Å². The van der Waals surface area contributed by atoms with E-state index in [1.807, 2.05) is 30.3 Å². The van der Waals surface area contributed by atoms with Gasteiger partial charge >= 0.3 is 6.03 Å². The molecule has 0 radical (unpaired) electrons. The summed E-state index contributed by atoms with van der Waals surface area (Å²) >= 11 is 0. The Hall–Kier alpha value is -3.48. The minimum atomic E-state index is -0.357. The molecule has 2 amide bonds. The van der Waals surface area contributed by atoms with Crippen LogP contribution in [0.3, 0.4) is 0 Å². The maximum Gasteiger partial charge on any atom is 0.319 e. The molecule has 0 saturated heterocycles. The van der Waals surface area contributed by atoms with Crippen molar-refractivity contribution in [1.82, 2.24) is 10.3 Å². The van der Waals surface area contributed by atoms with E-state index < -0.39 is 0 Å². The summed E-state index contributed by atoms with van der Waals surface area (Å²) in [5.41, 5.74) is 1.56. The Balaban J connectivity index is 1.34. The van der Waals surface area contributed by atoms with Crippen molar-refractivity contribution in [2.45, 2.75) is 13.0 Å². The predicted octanol–water partition coefficient (Wildman–Crippen LogP) is 3.82. The average Bonchev–Trinajstić information content (AvgIpc) is 3.05. The van der Waals surface area contributed by atoms with Crippen molar-refractivity contribution < 1.29 is 18.7 Å². The number of ether oxygens (including phenoxy) is 2. The van der Waals surface area contributed by atoms with Crippen molar-refractivity contribution in [1.29, 1.82) is 0 Å². The van der Waals surface area contributed by atoms with Gasteiger partial charge in [0.15, 0.2) is 17.3 Å². The maximum atomic E-state index is 12.1. The molecule has 3 aromatic rings. The first-order valence-corrected chi connectivity index (χ1v) is 8.72. The Kier molecular flexibility index (Phi) is 4.91. The van der Waals surface area contributed by atoms with Crippen molar-refractivity contribution in [3.8, 4) is 22.8 Å². The number of anilines is 1. The van der Waals surface area contributed by atoms with Gasteiger partial charge in [-0.05, 0) is 12.1 Å². The molecule has 4 rings (SSSR count). The molecular formula is C20H19N3O4. The summed E-state index contributed by atoms with van der Waals surface area (Å²) in [5, 5.41) is 5.49. The zero-order valence-electron chi connectivity index (χ0n) is 14.6. The lowest BCUT2D eigenvalue weighted by atomic mass is 10.2. The van der Waals surface area contributed by atoms with Crippen LogP contribution in [0, 0.1) is 0 Å². The number of hydrogen-bond donors (Lipinski definition) is 2. The lowest BCUT2D eigenvalue weighted by molar-refractivity contribution is 0.250. The number of oxazole rings is 1. The van der Waals surface area contributed by atoms with Gasteiger partial charge in [0, 0.05) is 23.7 Å². The third-order valence-electron chi connectivity index (χ3n) is 4.02. The lowest BCUT2D eigenvalue weighted by Gasteiger charge is -2.10. The number of urea groups is 1. The Labute approximate surface area is 156 Å². The summed E-state index contributed by atoms with van der Waals surface area (Å²) in [7, 11) is 0. The highest BCUT2D eigenvalue weighted by molar-refractivity contribution is 5.89. The highest BCUT2D eigenvalue weighted by atomic mass is 16.5. The standard InChI is InChI=1S/C20H19N3O4/c24-20(23-15-7-8-16-17(11-15)26-10-4-9-25-16)22-13-19-21-12-18(27-19)14-5-2-1-3-6-14/h1-3,5-8,11-12H,4,9-10,13H2,(H2,22,23,24). The highest BCUT2D eigenvalue weighted by Gasteiger charge is 2.12. The molecule has 0 atom stereocenters. The summed E-state index contributed by atoms with van der Waals surface area (Å²) in [6.07, 6.45) is 2.48. The minimum absolute atomic E-state index is 0.184. The van der Waals surface area contributed by atoms with E-state index in [4.69, 9.17) is 13.9 Å². The second-order valence-corrected chi connectivity index (χ2v) is 6.00. The van der Waals surface area contributed by atoms with Crippen molar-refractivity contribution in [3.63, 3.8) is 0 Å². The largest absolute Gasteiger partial charge is 0.490 e. The van der Waals surface area contributed by atoms with Crippen LogP contribution in [0.1, 0.15) is 12.3 Å². The smallest absolute Gasteiger partial charge is 0.319 e. The van der Waals surface area contributed by atoms with Crippen molar-refractivity contribution in [2.75, 3.05) is 18.5 Å². The molecule has 2 N–H and O–H groups in total. The molecular weight excluding hydrogens is 346 g/mol. The van der Waals surface area contributed by atoms with Crippen LogP contribution in [-0.2, 0) is 6.54 Å². The summed E-state index contributed by atoms with van der Waals surface area (Å²) < 4.78 is 16.9. The molecule has 0 bridgehead atoms. The van der Waals surface area contributed by atoms with Crippen LogP contribution in [0.4, 0.5) is 10.5 Å². The SMILES string of the molecule is O=C(NCc1ncc(-c2ccccc2)o1)Nc1ccc2c(c1)OCCCO2. The summed E-state index contributed by atoms with van der Waals surface area (Å²) in [6, 6.07) is 14.6. The van der Waals surface area contributed by atoms with E-state index in [2.05, 4.69) is 15.6 Å². The van der Waals surface area contributed by atoms with Gasteiger partial charge < -0.3 is 24.5 Å². The fourth-order valence-corrected chi connectivity index (χ4v) is 2.70. The maximum absolute atomic E-state index is 12.1. The Morgan fingerprint density at radius 2 is 1.85 bits per heavy atom. The van der Waals surface area contributed by atoms with E-state index >= 15 is 0 Å². The molecule has 7 heteroatoms. The van der Waals surface area contributed by atoms with Gasteiger partial charge in [0.2, 0.25) is 5.89 Å². The van der Waals surface area contributed by atoms with Crippen molar-refractivity contribution in [2.24, 2.45) is 0 Å².